The van der Waals surface area contributed by atoms with Crippen LogP contribution in [0.4, 0.5) is 18.9 Å². The lowest BCUT2D eigenvalue weighted by Gasteiger charge is -2.35. The average Bonchev–Trinajstić information content (AvgIpc) is 2.76. The summed E-state index contributed by atoms with van der Waals surface area (Å²) in [5.41, 5.74) is 5.58. The first-order valence-corrected chi connectivity index (χ1v) is 10.1. The summed E-state index contributed by atoms with van der Waals surface area (Å²) in [7, 11) is 0. The molecule has 0 radical (unpaired) electrons. The molecule has 7 N–H and O–H groups in total. The Labute approximate surface area is 197 Å². The number of thiol groups is 1. The molecule has 1 aromatic heterocycles. The third kappa shape index (κ3) is 5.65. The van der Waals surface area contributed by atoms with Crippen molar-refractivity contribution in [1.29, 1.82) is 0 Å². The van der Waals surface area contributed by atoms with Crippen molar-refractivity contribution in [2.75, 3.05) is 5.32 Å². The second-order valence-corrected chi connectivity index (χ2v) is 7.62. The largest absolute Gasteiger partial charge is 0.412 e. The molecule has 33 heavy (non-hydrogen) atoms. The number of aromatic nitrogens is 1. The predicted octanol–water partition coefficient (Wildman–Crippen LogP) is 4.39. The Bertz CT molecular complexity index is 1110. The minimum atomic E-state index is -1.07. The lowest BCUT2D eigenvalue weighted by molar-refractivity contribution is 0.362. The van der Waals surface area contributed by atoms with E-state index >= 15 is 0 Å². The molecule has 1 aromatic carbocycles. The van der Waals surface area contributed by atoms with E-state index in [2.05, 4.69) is 34.5 Å². The second-order valence-electron chi connectivity index (χ2n) is 7.14. The van der Waals surface area contributed by atoms with Crippen LogP contribution >= 0.6 is 12.6 Å². The minimum Gasteiger partial charge on any atom is -0.412 e. The van der Waals surface area contributed by atoms with Gasteiger partial charge < -0.3 is 22.0 Å². The van der Waals surface area contributed by atoms with Crippen LogP contribution in [0.25, 0.3) is 5.57 Å². The Morgan fingerprint density at radius 3 is 2.64 bits per heavy atom. The van der Waals surface area contributed by atoms with Crippen LogP contribution in [0, 0.1) is 17.0 Å². The maximum absolute atomic E-state index is 15.0. The monoisotopic (exact) mass is 482 g/mol. The lowest BCUT2D eigenvalue weighted by atomic mass is 9.70. The summed E-state index contributed by atoms with van der Waals surface area (Å²) in [6.45, 7) is 5.76. The third-order valence-corrected chi connectivity index (χ3v) is 5.78. The number of hydrogen-bond acceptors (Lipinski definition) is 3. The third-order valence-electron chi connectivity index (χ3n) is 5.40. The Morgan fingerprint density at radius 1 is 1.27 bits per heavy atom. The first-order chi connectivity index (χ1) is 14.8. The van der Waals surface area contributed by atoms with Gasteiger partial charge in [0, 0.05) is 18.1 Å². The maximum Gasteiger partial charge on any atom is 0.193 e. The van der Waals surface area contributed by atoms with Gasteiger partial charge in [0.1, 0.15) is 17.5 Å². The highest BCUT2D eigenvalue weighted by Gasteiger charge is 2.39. The van der Waals surface area contributed by atoms with Crippen molar-refractivity contribution in [3.8, 4) is 0 Å². The van der Waals surface area contributed by atoms with Gasteiger partial charge in [-0.3, -0.25) is 4.98 Å². The first-order valence-electron chi connectivity index (χ1n) is 9.70. The highest BCUT2D eigenvalue weighted by molar-refractivity contribution is 7.80. The topological polar surface area (TPSA) is 126 Å². The maximum atomic E-state index is 15.0. The smallest absolute Gasteiger partial charge is 0.193 e. The van der Waals surface area contributed by atoms with E-state index in [4.69, 9.17) is 5.73 Å². The van der Waals surface area contributed by atoms with Gasteiger partial charge in [0.2, 0.25) is 0 Å². The number of benzene rings is 1. The van der Waals surface area contributed by atoms with Crippen molar-refractivity contribution >= 4 is 29.8 Å². The molecule has 1 aliphatic rings. The van der Waals surface area contributed by atoms with Gasteiger partial charge in [0.25, 0.3) is 0 Å². The number of hydrogen-bond donors (Lipinski definition) is 3. The van der Waals surface area contributed by atoms with Gasteiger partial charge in [0.15, 0.2) is 5.96 Å². The van der Waals surface area contributed by atoms with Crippen LogP contribution in [0.15, 0.2) is 71.0 Å². The highest BCUT2D eigenvalue weighted by atomic mass is 32.1. The quantitative estimate of drug-likeness (QED) is 0.321. The Kier molecular flexibility index (Phi) is 9.90. The molecule has 0 aliphatic heterocycles. The summed E-state index contributed by atoms with van der Waals surface area (Å²) in [5, 5.41) is 2.83. The number of rotatable bonds is 6. The molecule has 0 saturated heterocycles. The first kappa shape index (κ1) is 28.0. The highest BCUT2D eigenvalue weighted by Crippen LogP contribution is 2.51. The van der Waals surface area contributed by atoms with Crippen molar-refractivity contribution < 1.29 is 25.6 Å². The fraction of sp³-hybridized carbons (Fsp3) is 0.217. The molecule has 3 rings (SSSR count). The fourth-order valence-electron chi connectivity index (χ4n) is 3.56. The van der Waals surface area contributed by atoms with E-state index in [0.717, 1.165) is 0 Å². The van der Waals surface area contributed by atoms with E-state index in [1.54, 1.807) is 6.08 Å². The van der Waals surface area contributed by atoms with Crippen molar-refractivity contribution in [2.24, 2.45) is 16.1 Å². The van der Waals surface area contributed by atoms with E-state index in [1.807, 2.05) is 13.0 Å². The molecule has 2 aromatic rings. The van der Waals surface area contributed by atoms with E-state index < -0.39 is 17.0 Å². The zero-order valence-electron chi connectivity index (χ0n) is 18.0. The van der Waals surface area contributed by atoms with Crippen LogP contribution in [0.3, 0.4) is 0 Å². The van der Waals surface area contributed by atoms with E-state index in [1.165, 1.54) is 36.5 Å². The normalized spacial score (nSPS) is 17.5. The number of allylic oxidation sites excluding steroid dienone is 5. The fourth-order valence-corrected chi connectivity index (χ4v) is 3.80. The number of nitrogens with two attached hydrogens (primary N) is 1. The van der Waals surface area contributed by atoms with Crippen molar-refractivity contribution in [1.82, 2.24) is 4.98 Å². The van der Waals surface area contributed by atoms with Gasteiger partial charge >= 0.3 is 0 Å². The number of nitrogens with zero attached hydrogens (tertiary/aromatic N) is 2. The number of pyridine rings is 1. The SMILES string of the molecule is C=C(c1c(F)ccc(S)c1NC(N)=NCc1ncccc1F)C1(CC)CC=CC=C1F.O.O.[HH]. The van der Waals surface area contributed by atoms with Gasteiger partial charge in [0.05, 0.1) is 23.3 Å². The second kappa shape index (κ2) is 11.7. The van der Waals surface area contributed by atoms with Crippen LogP contribution in [0.5, 0.6) is 0 Å². The van der Waals surface area contributed by atoms with Crippen LogP contribution in [0.2, 0.25) is 0 Å². The number of aliphatic imine (C=N–C) groups is 1. The van der Waals surface area contributed by atoms with E-state index in [0.29, 0.717) is 17.7 Å². The van der Waals surface area contributed by atoms with Gasteiger partial charge in [-0.1, -0.05) is 25.7 Å². The van der Waals surface area contributed by atoms with Crippen molar-refractivity contribution in [3.05, 3.63) is 84.0 Å². The van der Waals surface area contributed by atoms with Gasteiger partial charge in [-0.15, -0.1) is 12.6 Å². The summed E-state index contributed by atoms with van der Waals surface area (Å²) in [5.74, 6) is -1.58. The van der Waals surface area contributed by atoms with Gasteiger partial charge in [-0.05, 0) is 48.8 Å². The molecule has 180 valence electrons. The standard InChI is InChI=1S/C23H23F3N4S.2H2O.H2/c1-3-23(11-5-4-8-19(23)26)14(2)20-16(25)9-10-18(31)21(20)30-22(27)29-13-17-15(24)7-6-12-28-17;;;/h4-10,12,31H,2-3,11,13H2,1H3,(H3,27,29,30);2*1H2;1H. The molecule has 1 aliphatic carbocycles. The number of anilines is 1. The Morgan fingerprint density at radius 2 is 2.00 bits per heavy atom. The summed E-state index contributed by atoms with van der Waals surface area (Å²) in [4.78, 5) is 8.38. The van der Waals surface area contributed by atoms with Crippen LogP contribution in [0.1, 0.15) is 32.4 Å². The summed E-state index contributed by atoms with van der Waals surface area (Å²) in [6.07, 6.45) is 7.00. The van der Waals surface area contributed by atoms with Crippen LogP contribution in [-0.2, 0) is 6.54 Å². The molecule has 0 amide bonds. The summed E-state index contributed by atoms with van der Waals surface area (Å²) in [6, 6.07) is 5.44. The Hall–Kier alpha value is -3.08. The van der Waals surface area contributed by atoms with E-state index in [9.17, 15) is 13.2 Å². The molecule has 1 heterocycles. The average molecular weight is 483 g/mol. The van der Waals surface area contributed by atoms with Crippen LogP contribution in [-0.4, -0.2) is 21.9 Å². The van der Waals surface area contributed by atoms with Crippen molar-refractivity contribution in [2.45, 2.75) is 31.2 Å². The zero-order chi connectivity index (χ0) is 22.6. The zero-order valence-corrected chi connectivity index (χ0v) is 18.9. The molecule has 1 unspecified atom stereocenters. The molecule has 0 saturated carbocycles. The minimum absolute atomic E-state index is 0. The number of halogens is 3. The predicted molar refractivity (Wildman–Crippen MR) is 131 cm³/mol. The molecule has 10 heteroatoms. The molecule has 0 spiro atoms. The van der Waals surface area contributed by atoms with Crippen LogP contribution < -0.4 is 11.1 Å². The molecule has 1 atom stereocenters. The molecular weight excluding hydrogens is 453 g/mol. The summed E-state index contributed by atoms with van der Waals surface area (Å²) >= 11 is 4.41. The molecule has 0 fully saturated rings. The number of nitrogens with one attached hydrogen (secondary N) is 1. The van der Waals surface area contributed by atoms with E-state index in [-0.39, 0.29) is 53.2 Å². The molecule has 6 nitrogen and oxygen atoms in total. The Balaban J connectivity index is 0.00000363. The molecule has 0 bridgehead atoms. The summed E-state index contributed by atoms with van der Waals surface area (Å²) < 4.78 is 43.7. The van der Waals surface area contributed by atoms with Crippen molar-refractivity contribution in [3.63, 3.8) is 0 Å². The lowest BCUT2D eigenvalue weighted by Crippen LogP contribution is -2.27. The van der Waals surface area contributed by atoms with Gasteiger partial charge in [-0.2, -0.15) is 0 Å². The molecular formula is C23H29F3N4O2S. The number of guanidine groups is 1. The van der Waals surface area contributed by atoms with Gasteiger partial charge in [-0.25, -0.2) is 18.2 Å².